The molecule has 9 nitrogen and oxygen atoms in total. The zero-order chi connectivity index (χ0) is 46.8. The number of rotatable bonds is 22. The first-order valence-corrected chi connectivity index (χ1v) is 21.8. The molecular formula is C54H64F2O9. The van der Waals surface area contributed by atoms with Gasteiger partial charge in [-0.2, -0.15) is 0 Å². The number of aliphatic hydroxyl groups excluding tert-OH is 1. The molecule has 0 fully saturated rings. The van der Waals surface area contributed by atoms with Crippen LogP contribution in [-0.4, -0.2) is 64.1 Å². The van der Waals surface area contributed by atoms with Gasteiger partial charge in [0.1, 0.15) is 35.3 Å². The molecule has 0 aromatic heterocycles. The van der Waals surface area contributed by atoms with Gasteiger partial charge in [-0.05, 0) is 82.6 Å². The van der Waals surface area contributed by atoms with Gasteiger partial charge < -0.3 is 43.4 Å². The molecule has 0 bridgehead atoms. The van der Waals surface area contributed by atoms with E-state index < -0.39 is 6.10 Å². The summed E-state index contributed by atoms with van der Waals surface area (Å²) in [6.07, 6.45) is 0.508. The van der Waals surface area contributed by atoms with Crippen molar-refractivity contribution in [3.63, 3.8) is 0 Å². The van der Waals surface area contributed by atoms with Crippen molar-refractivity contribution in [2.45, 2.75) is 52.7 Å². The van der Waals surface area contributed by atoms with E-state index in [4.69, 9.17) is 33.2 Å². The van der Waals surface area contributed by atoms with Gasteiger partial charge in [0.25, 0.3) is 0 Å². The quantitative estimate of drug-likeness (QED) is 0.0689. The van der Waals surface area contributed by atoms with Crippen LogP contribution in [0.5, 0.6) is 34.5 Å². The summed E-state index contributed by atoms with van der Waals surface area (Å²) >= 11 is 0. The SMILES string of the molecule is CC(C)COCC(O)c1ccccc1.COc1ccc(OCCc2ccc(F)cc2)c(O)c1.COc1ccc(OCCc2ccc(F)cc2)c(OC(COCC(C)C)c2ccccc2)c1. The lowest BCUT2D eigenvalue weighted by atomic mass is 10.1. The number of hydrogen-bond acceptors (Lipinski definition) is 9. The minimum atomic E-state index is -0.505. The smallest absolute Gasteiger partial charge is 0.165 e. The molecule has 6 rings (SSSR count). The predicted molar refractivity (Wildman–Crippen MR) is 251 cm³/mol. The van der Waals surface area contributed by atoms with Crippen LogP contribution in [0.4, 0.5) is 8.78 Å². The first-order chi connectivity index (χ1) is 31.4. The predicted octanol–water partition coefficient (Wildman–Crippen LogP) is 11.8. The average molecular weight is 895 g/mol. The highest BCUT2D eigenvalue weighted by molar-refractivity contribution is 5.46. The molecule has 2 unspecified atom stereocenters. The van der Waals surface area contributed by atoms with E-state index in [1.807, 2.05) is 78.9 Å². The van der Waals surface area contributed by atoms with Crippen LogP contribution in [0.25, 0.3) is 0 Å². The summed E-state index contributed by atoms with van der Waals surface area (Å²) in [5, 5.41) is 19.4. The molecule has 2 N–H and O–H groups in total. The van der Waals surface area contributed by atoms with Crippen LogP contribution in [0.1, 0.15) is 62.2 Å². The van der Waals surface area contributed by atoms with Crippen LogP contribution in [0.15, 0.2) is 146 Å². The molecule has 0 amide bonds. The second kappa shape index (κ2) is 28.6. The average Bonchev–Trinajstić information content (AvgIpc) is 3.31. The second-order valence-corrected chi connectivity index (χ2v) is 15.9. The number of hydrogen-bond donors (Lipinski definition) is 2. The highest BCUT2D eigenvalue weighted by Crippen LogP contribution is 2.35. The van der Waals surface area contributed by atoms with Crippen LogP contribution < -0.4 is 23.7 Å². The summed E-state index contributed by atoms with van der Waals surface area (Å²) in [6, 6.07) is 42.7. The highest BCUT2D eigenvalue weighted by Gasteiger charge is 2.18. The first kappa shape index (κ1) is 51.5. The van der Waals surface area contributed by atoms with Crippen molar-refractivity contribution in [3.05, 3.63) is 179 Å². The van der Waals surface area contributed by atoms with Gasteiger partial charge in [0, 0.05) is 38.2 Å². The van der Waals surface area contributed by atoms with Crippen LogP contribution in [0.3, 0.4) is 0 Å². The Morgan fingerprint density at radius 2 is 0.954 bits per heavy atom. The van der Waals surface area contributed by atoms with E-state index in [-0.39, 0.29) is 23.5 Å². The maximum absolute atomic E-state index is 13.1. The fourth-order valence-electron chi connectivity index (χ4n) is 6.05. The third-order valence-electron chi connectivity index (χ3n) is 9.51. The first-order valence-electron chi connectivity index (χ1n) is 21.8. The molecule has 0 aliphatic carbocycles. The number of aliphatic hydroxyl groups is 1. The van der Waals surface area contributed by atoms with Gasteiger partial charge in [0.05, 0.1) is 40.6 Å². The monoisotopic (exact) mass is 894 g/mol. The van der Waals surface area contributed by atoms with E-state index in [2.05, 4.69) is 27.7 Å². The fraction of sp³-hybridized carbons (Fsp3) is 0.333. The zero-order valence-electron chi connectivity index (χ0n) is 38.3. The lowest BCUT2D eigenvalue weighted by Crippen LogP contribution is -2.17. The molecule has 0 aliphatic rings. The van der Waals surface area contributed by atoms with Crippen molar-refractivity contribution in [2.75, 3.05) is 53.9 Å². The number of phenols is 1. The van der Waals surface area contributed by atoms with E-state index in [1.165, 1.54) is 37.4 Å². The Morgan fingerprint density at radius 1 is 0.492 bits per heavy atom. The molecule has 0 spiro atoms. The molecule has 65 heavy (non-hydrogen) atoms. The van der Waals surface area contributed by atoms with E-state index in [0.29, 0.717) is 93.1 Å². The van der Waals surface area contributed by atoms with Crippen LogP contribution in [0.2, 0.25) is 0 Å². The van der Waals surface area contributed by atoms with Gasteiger partial charge in [0.15, 0.2) is 23.0 Å². The Bertz CT molecular complexity index is 2190. The van der Waals surface area contributed by atoms with Crippen molar-refractivity contribution in [2.24, 2.45) is 11.8 Å². The van der Waals surface area contributed by atoms with Crippen molar-refractivity contribution >= 4 is 0 Å². The molecule has 6 aromatic rings. The molecule has 2 atom stereocenters. The minimum Gasteiger partial charge on any atom is -0.504 e. The summed E-state index contributed by atoms with van der Waals surface area (Å²) < 4.78 is 65.4. The largest absolute Gasteiger partial charge is 0.504 e. The number of phenolic OH excluding ortho intramolecular Hbond substituents is 1. The topological polar surface area (TPSA) is 105 Å². The third kappa shape index (κ3) is 19.6. The number of benzene rings is 6. The normalized spacial score (nSPS) is 11.7. The van der Waals surface area contributed by atoms with Crippen LogP contribution in [-0.2, 0) is 22.3 Å². The Morgan fingerprint density at radius 3 is 1.45 bits per heavy atom. The molecule has 0 radical (unpaired) electrons. The molecule has 0 aliphatic heterocycles. The zero-order valence-corrected chi connectivity index (χ0v) is 38.3. The summed E-state index contributed by atoms with van der Waals surface area (Å²) in [7, 11) is 3.15. The Hall–Kier alpha value is -6.14. The molecule has 0 saturated heterocycles. The summed E-state index contributed by atoms with van der Waals surface area (Å²) in [6.45, 7) is 11.4. The summed E-state index contributed by atoms with van der Waals surface area (Å²) in [5.74, 6) is 3.37. The summed E-state index contributed by atoms with van der Waals surface area (Å²) in [5.41, 5.74) is 3.92. The fourth-order valence-corrected chi connectivity index (χ4v) is 6.05. The Balaban J connectivity index is 0.000000237. The highest BCUT2D eigenvalue weighted by atomic mass is 19.1. The van der Waals surface area contributed by atoms with Gasteiger partial charge in [-0.15, -0.1) is 0 Å². The van der Waals surface area contributed by atoms with Gasteiger partial charge >= 0.3 is 0 Å². The molecule has 11 heteroatoms. The van der Waals surface area contributed by atoms with Crippen molar-refractivity contribution in [3.8, 4) is 34.5 Å². The van der Waals surface area contributed by atoms with Crippen molar-refractivity contribution in [1.82, 2.24) is 0 Å². The summed E-state index contributed by atoms with van der Waals surface area (Å²) in [4.78, 5) is 0. The van der Waals surface area contributed by atoms with Crippen LogP contribution >= 0.6 is 0 Å². The molecule has 0 saturated carbocycles. The maximum atomic E-state index is 13.1. The van der Waals surface area contributed by atoms with Crippen molar-refractivity contribution < 1.29 is 52.2 Å². The third-order valence-corrected chi connectivity index (χ3v) is 9.51. The number of methoxy groups -OCH3 is 2. The van der Waals surface area contributed by atoms with Gasteiger partial charge in [-0.3, -0.25) is 0 Å². The van der Waals surface area contributed by atoms with Crippen molar-refractivity contribution in [1.29, 1.82) is 0 Å². The van der Waals surface area contributed by atoms with E-state index in [9.17, 15) is 19.0 Å². The van der Waals surface area contributed by atoms with E-state index in [0.717, 1.165) is 22.3 Å². The molecule has 348 valence electrons. The Kier molecular flexibility index (Phi) is 22.7. The van der Waals surface area contributed by atoms with Gasteiger partial charge in [-0.1, -0.05) is 113 Å². The van der Waals surface area contributed by atoms with Crippen LogP contribution in [0, 0.1) is 23.5 Å². The van der Waals surface area contributed by atoms with E-state index in [1.54, 1.807) is 43.5 Å². The maximum Gasteiger partial charge on any atom is 0.165 e. The standard InChI is InChI=1S/C27H31FO4.C15H15FO3.C12H18O2/c1-20(2)18-30-19-27(22-7-5-4-6-8-22)32-26-17-24(29-3)13-14-25(26)31-16-15-21-9-11-23(28)12-10-21;1-18-13-6-7-15(14(17)10-13)19-9-8-11-2-4-12(16)5-3-11;1-10(2)8-14-9-12(13)11-6-4-3-5-7-11/h4-14,17,20,27H,15-16,18-19H2,1-3H3;2-7,10,17H,8-9H2,1H3;3-7,10,12-13H,8-9H2,1-2H3. The number of halogens is 2. The second-order valence-electron chi connectivity index (χ2n) is 15.9. The minimum absolute atomic E-state index is 0.0402. The van der Waals surface area contributed by atoms with E-state index >= 15 is 0 Å². The number of aromatic hydroxyl groups is 1. The van der Waals surface area contributed by atoms with Gasteiger partial charge in [-0.25, -0.2) is 8.78 Å². The molecular weight excluding hydrogens is 831 g/mol. The number of ether oxygens (including phenoxy) is 7. The van der Waals surface area contributed by atoms with Gasteiger partial charge in [0.2, 0.25) is 0 Å². The molecule has 6 aromatic carbocycles. The Labute approximate surface area is 383 Å². The lowest BCUT2D eigenvalue weighted by molar-refractivity contribution is 0.0250. The lowest BCUT2D eigenvalue weighted by Gasteiger charge is -2.22. The molecule has 0 heterocycles.